The fourth-order valence-electron chi connectivity index (χ4n) is 1.41. The maximum atomic E-state index is 11.0. The third kappa shape index (κ3) is 5.56. The van der Waals surface area contributed by atoms with Crippen LogP contribution in [-0.4, -0.2) is 20.8 Å². The zero-order valence-electron chi connectivity index (χ0n) is 9.90. The highest BCUT2D eigenvalue weighted by Gasteiger charge is 2.15. The van der Waals surface area contributed by atoms with Crippen molar-refractivity contribution in [3.05, 3.63) is 27.7 Å². The van der Waals surface area contributed by atoms with Crippen molar-refractivity contribution in [1.82, 2.24) is 0 Å². The van der Waals surface area contributed by atoms with Crippen molar-refractivity contribution in [3.63, 3.8) is 0 Å². The normalized spacial score (nSPS) is 13.3. The van der Waals surface area contributed by atoms with Crippen molar-refractivity contribution in [3.8, 4) is 5.75 Å². The van der Waals surface area contributed by atoms with Gasteiger partial charge in [0, 0.05) is 10.4 Å². The van der Waals surface area contributed by atoms with Crippen molar-refractivity contribution in [2.45, 2.75) is 13.3 Å². The Morgan fingerprint density at radius 2 is 2.17 bits per heavy atom. The summed E-state index contributed by atoms with van der Waals surface area (Å²) in [6, 6.07) is 5.25. The highest BCUT2D eigenvalue weighted by atomic mass is 79.9. The van der Waals surface area contributed by atoms with Gasteiger partial charge in [-0.2, -0.15) is 0 Å². The molecule has 0 saturated carbocycles. The van der Waals surface area contributed by atoms with Gasteiger partial charge in [-0.25, -0.2) is 13.6 Å². The molecule has 0 bridgehead atoms. The SMILES string of the molecule is CCC(COc1cc(Br)ccc1Cl)CS(N)(=O)=O. The number of hydrogen-bond acceptors (Lipinski definition) is 3. The standard InChI is InChI=1S/C11H15BrClNO3S/c1-2-8(7-18(14,15)16)6-17-11-5-9(12)3-4-10(11)13/h3-5,8H,2,6-7H2,1H3,(H2,14,15,16). The lowest BCUT2D eigenvalue weighted by Crippen LogP contribution is -2.26. The Labute approximate surface area is 121 Å². The van der Waals surface area contributed by atoms with E-state index in [9.17, 15) is 8.42 Å². The fourth-order valence-corrected chi connectivity index (χ4v) is 2.91. The van der Waals surface area contributed by atoms with Crippen LogP contribution in [0.25, 0.3) is 0 Å². The van der Waals surface area contributed by atoms with Crippen LogP contribution in [0.2, 0.25) is 5.02 Å². The molecule has 1 aromatic rings. The number of primary sulfonamides is 1. The van der Waals surface area contributed by atoms with Gasteiger partial charge in [0.1, 0.15) is 5.75 Å². The Morgan fingerprint density at radius 1 is 1.50 bits per heavy atom. The van der Waals surface area contributed by atoms with Gasteiger partial charge in [0.05, 0.1) is 17.4 Å². The van der Waals surface area contributed by atoms with E-state index in [1.165, 1.54) is 0 Å². The first-order valence-corrected chi connectivity index (χ1v) is 8.28. The molecule has 18 heavy (non-hydrogen) atoms. The first-order valence-electron chi connectivity index (χ1n) is 5.40. The average Bonchev–Trinajstić information content (AvgIpc) is 2.27. The summed E-state index contributed by atoms with van der Waals surface area (Å²) in [5.74, 6) is 0.295. The average molecular weight is 357 g/mol. The minimum absolute atomic E-state index is 0.0882. The van der Waals surface area contributed by atoms with E-state index >= 15 is 0 Å². The molecule has 0 saturated heterocycles. The molecule has 0 aromatic heterocycles. The molecule has 0 fully saturated rings. The van der Waals surface area contributed by atoms with Gasteiger partial charge < -0.3 is 4.74 Å². The van der Waals surface area contributed by atoms with E-state index < -0.39 is 10.0 Å². The van der Waals surface area contributed by atoms with Crippen LogP contribution in [0, 0.1) is 5.92 Å². The number of hydrogen-bond donors (Lipinski definition) is 1. The van der Waals surface area contributed by atoms with E-state index in [0.29, 0.717) is 17.2 Å². The summed E-state index contributed by atoms with van der Waals surface area (Å²) >= 11 is 9.28. The molecule has 1 rings (SSSR count). The summed E-state index contributed by atoms with van der Waals surface area (Å²) in [7, 11) is -3.48. The third-order valence-corrected chi connectivity index (χ3v) is 4.15. The van der Waals surface area contributed by atoms with E-state index in [2.05, 4.69) is 15.9 Å². The molecule has 1 atom stereocenters. The quantitative estimate of drug-likeness (QED) is 0.852. The number of halogens is 2. The molecule has 0 amide bonds. The van der Waals surface area contributed by atoms with E-state index in [4.69, 9.17) is 21.5 Å². The summed E-state index contributed by atoms with van der Waals surface area (Å²) in [4.78, 5) is 0. The van der Waals surface area contributed by atoms with Crippen LogP contribution in [0.15, 0.2) is 22.7 Å². The van der Waals surface area contributed by atoms with Crippen LogP contribution < -0.4 is 9.88 Å². The number of rotatable bonds is 6. The Morgan fingerprint density at radius 3 is 2.72 bits per heavy atom. The molecule has 0 heterocycles. The van der Waals surface area contributed by atoms with E-state index in [1.54, 1.807) is 18.2 Å². The molecule has 0 aliphatic carbocycles. The third-order valence-electron chi connectivity index (χ3n) is 2.41. The highest BCUT2D eigenvalue weighted by Crippen LogP contribution is 2.28. The van der Waals surface area contributed by atoms with Gasteiger partial charge in [-0.15, -0.1) is 0 Å². The van der Waals surface area contributed by atoms with Gasteiger partial charge in [0.25, 0.3) is 0 Å². The van der Waals surface area contributed by atoms with Crippen LogP contribution in [0.3, 0.4) is 0 Å². The van der Waals surface area contributed by atoms with Crippen LogP contribution in [-0.2, 0) is 10.0 Å². The van der Waals surface area contributed by atoms with E-state index in [1.807, 2.05) is 6.92 Å². The van der Waals surface area contributed by atoms with Gasteiger partial charge in [0.2, 0.25) is 10.0 Å². The molecule has 0 aliphatic rings. The monoisotopic (exact) mass is 355 g/mol. The van der Waals surface area contributed by atoms with Crippen molar-refractivity contribution >= 4 is 37.6 Å². The summed E-state index contributed by atoms with van der Waals surface area (Å²) in [6.07, 6.45) is 0.669. The second-order valence-electron chi connectivity index (χ2n) is 3.99. The van der Waals surface area contributed by atoms with Gasteiger partial charge in [-0.3, -0.25) is 0 Å². The van der Waals surface area contributed by atoms with Crippen molar-refractivity contribution in [1.29, 1.82) is 0 Å². The summed E-state index contributed by atoms with van der Waals surface area (Å²) in [6.45, 7) is 2.16. The molecular weight excluding hydrogens is 342 g/mol. The fraction of sp³-hybridized carbons (Fsp3) is 0.455. The summed E-state index contributed by atoms with van der Waals surface area (Å²) in [5, 5.41) is 5.51. The lowest BCUT2D eigenvalue weighted by Gasteiger charge is -2.15. The van der Waals surface area contributed by atoms with Gasteiger partial charge >= 0.3 is 0 Å². The van der Waals surface area contributed by atoms with Crippen LogP contribution in [0.4, 0.5) is 0 Å². The molecule has 1 unspecified atom stereocenters. The van der Waals surface area contributed by atoms with Crippen LogP contribution >= 0.6 is 27.5 Å². The minimum Gasteiger partial charge on any atom is -0.492 e. The lowest BCUT2D eigenvalue weighted by atomic mass is 10.1. The molecule has 7 heteroatoms. The zero-order valence-corrected chi connectivity index (χ0v) is 13.1. The number of benzene rings is 1. The largest absolute Gasteiger partial charge is 0.492 e. The zero-order chi connectivity index (χ0) is 13.8. The number of nitrogens with two attached hydrogens (primary N) is 1. The molecule has 1 aromatic carbocycles. The van der Waals surface area contributed by atoms with Crippen molar-refractivity contribution in [2.75, 3.05) is 12.4 Å². The molecular formula is C11H15BrClNO3S. The van der Waals surface area contributed by atoms with Crippen molar-refractivity contribution in [2.24, 2.45) is 11.1 Å². The maximum Gasteiger partial charge on any atom is 0.209 e. The van der Waals surface area contributed by atoms with E-state index in [-0.39, 0.29) is 18.3 Å². The predicted molar refractivity (Wildman–Crippen MR) is 76.4 cm³/mol. The maximum absolute atomic E-state index is 11.0. The Kier molecular flexibility index (Phi) is 5.91. The Hall–Kier alpha value is -0.300. The van der Waals surface area contributed by atoms with E-state index in [0.717, 1.165) is 4.47 Å². The molecule has 2 N–H and O–H groups in total. The second-order valence-corrected chi connectivity index (χ2v) is 6.97. The second kappa shape index (κ2) is 6.75. The predicted octanol–water partition coefficient (Wildman–Crippen LogP) is 2.80. The minimum atomic E-state index is -3.48. The number of ether oxygens (including phenoxy) is 1. The lowest BCUT2D eigenvalue weighted by molar-refractivity contribution is 0.257. The van der Waals surface area contributed by atoms with Crippen molar-refractivity contribution < 1.29 is 13.2 Å². The van der Waals surface area contributed by atoms with Crippen LogP contribution in [0.1, 0.15) is 13.3 Å². The highest BCUT2D eigenvalue weighted by molar-refractivity contribution is 9.10. The molecule has 102 valence electrons. The van der Waals surface area contributed by atoms with Crippen LogP contribution in [0.5, 0.6) is 5.75 Å². The molecule has 4 nitrogen and oxygen atoms in total. The Bertz CT molecular complexity index is 507. The first kappa shape index (κ1) is 15.8. The molecule has 0 radical (unpaired) electrons. The van der Waals surface area contributed by atoms with Gasteiger partial charge in [-0.1, -0.05) is 34.5 Å². The van der Waals surface area contributed by atoms with Gasteiger partial charge in [0.15, 0.2) is 0 Å². The Balaban J connectivity index is 2.65. The van der Waals surface area contributed by atoms with Gasteiger partial charge in [-0.05, 0) is 24.6 Å². The molecule has 0 aliphatic heterocycles. The summed E-state index contributed by atoms with van der Waals surface area (Å²) in [5.41, 5.74) is 0. The molecule has 0 spiro atoms. The topological polar surface area (TPSA) is 69.4 Å². The first-order chi connectivity index (χ1) is 8.31. The smallest absolute Gasteiger partial charge is 0.209 e. The summed E-state index contributed by atoms with van der Waals surface area (Å²) < 4.78 is 28.4. The number of sulfonamides is 1.